The van der Waals surface area contributed by atoms with Gasteiger partial charge in [-0.25, -0.2) is 16.8 Å². The third-order valence-electron chi connectivity index (χ3n) is 12.5. The molecule has 0 N–H and O–H groups in total. The molecule has 62 heavy (non-hydrogen) atoms. The van der Waals surface area contributed by atoms with Crippen LogP contribution in [-0.2, 0) is 29.0 Å². The highest BCUT2D eigenvalue weighted by atomic mass is 35.5. The van der Waals surface area contributed by atoms with Crippen molar-refractivity contribution in [1.29, 1.82) is 0 Å². The van der Waals surface area contributed by atoms with Gasteiger partial charge in [0.25, 0.3) is 0 Å². The molecule has 0 bridgehead atoms. The lowest BCUT2D eigenvalue weighted by atomic mass is 9.77. The lowest BCUT2D eigenvalue weighted by molar-refractivity contribution is 0.00578. The SMILES string of the molecule is Cc1noc(C)c1-c1cc(S(=O)(=O)CC2CCCC2)c2nccnc2c1.Cc1noc(C)c1B1OC(C)(C)C(C)(C)O1.O=S(=O)(CC1CCCC1)c1cc(Cl)cc2nccnc12. The van der Waals surface area contributed by atoms with Crippen LogP contribution in [0.1, 0.15) is 102 Å². The van der Waals surface area contributed by atoms with Crippen LogP contribution < -0.4 is 5.46 Å². The van der Waals surface area contributed by atoms with E-state index in [4.69, 9.17) is 30.0 Å². The molecular formula is C44H54BClN6O8S2. The predicted molar refractivity (Wildman–Crippen MR) is 239 cm³/mol. The van der Waals surface area contributed by atoms with Crippen molar-refractivity contribution in [3.63, 3.8) is 0 Å². The molecule has 6 aromatic rings. The van der Waals surface area contributed by atoms with Crippen LogP contribution in [-0.4, -0.2) is 76.9 Å². The molecule has 2 aliphatic carbocycles. The molecule has 4 aromatic heterocycles. The summed E-state index contributed by atoms with van der Waals surface area (Å²) in [5.74, 6) is 2.25. The second-order valence-electron chi connectivity index (χ2n) is 17.6. The summed E-state index contributed by atoms with van der Waals surface area (Å²) in [6.45, 7) is 15.6. The maximum absolute atomic E-state index is 13.2. The highest BCUT2D eigenvalue weighted by molar-refractivity contribution is 7.92. The number of hydrogen-bond acceptors (Lipinski definition) is 14. The smallest absolute Gasteiger partial charge is 0.399 e. The first-order valence-corrected chi connectivity index (χ1v) is 24.8. The van der Waals surface area contributed by atoms with E-state index in [1.807, 2.05) is 61.5 Å². The predicted octanol–water partition coefficient (Wildman–Crippen LogP) is 8.70. The molecule has 0 amide bonds. The van der Waals surface area contributed by atoms with Crippen molar-refractivity contribution in [1.82, 2.24) is 30.2 Å². The first kappa shape index (κ1) is 45.7. The Morgan fingerprint density at radius 1 is 0.629 bits per heavy atom. The largest absolute Gasteiger partial charge is 0.500 e. The van der Waals surface area contributed by atoms with Crippen LogP contribution >= 0.6 is 11.6 Å². The van der Waals surface area contributed by atoms with Gasteiger partial charge in [-0.3, -0.25) is 19.9 Å². The maximum atomic E-state index is 13.2. The standard InChI is InChI=1S/C19H21N3O3S.C14H15ClN2O2S.C11H18BNO3/c1-12-18(13(2)25-22-12)15-9-16-19(21-8-7-20-16)17(10-15)26(23,24)11-14-5-3-4-6-14;15-11-7-12-14(17-6-5-16-12)13(8-11)20(18,19)9-10-3-1-2-4-10;1-7-9(8(2)14-13-7)12-15-10(3,4)11(5,6)16-12/h7-10,14H,3-6,11H2,1-2H3;5-8,10H,1-4,9H2;1-6H3. The third kappa shape index (κ3) is 9.76. The summed E-state index contributed by atoms with van der Waals surface area (Å²) in [6, 6.07) is 6.68. The Bertz CT molecular complexity index is 2750. The summed E-state index contributed by atoms with van der Waals surface area (Å²) in [6.07, 6.45) is 14.5. The zero-order valence-electron chi connectivity index (χ0n) is 36.6. The van der Waals surface area contributed by atoms with Crippen LogP contribution in [0.4, 0.5) is 0 Å². The first-order chi connectivity index (χ1) is 29.3. The minimum Gasteiger partial charge on any atom is -0.399 e. The fourth-order valence-corrected chi connectivity index (χ4v) is 12.6. The molecule has 0 radical (unpaired) electrons. The molecule has 330 valence electrons. The van der Waals surface area contributed by atoms with Gasteiger partial charge in [-0.1, -0.05) is 47.6 Å². The molecule has 2 saturated carbocycles. The summed E-state index contributed by atoms with van der Waals surface area (Å²) in [5, 5.41) is 8.29. The molecule has 18 heteroatoms. The average molecular weight is 905 g/mol. The normalized spacial score (nSPS) is 17.9. The number of aromatic nitrogens is 6. The third-order valence-corrected chi connectivity index (χ3v) is 16.5. The van der Waals surface area contributed by atoms with Gasteiger partial charge in [0.15, 0.2) is 19.7 Å². The number of sulfone groups is 2. The Morgan fingerprint density at radius 3 is 1.55 bits per heavy atom. The highest BCUT2D eigenvalue weighted by Crippen LogP contribution is 2.38. The van der Waals surface area contributed by atoms with Gasteiger partial charge in [0.1, 0.15) is 22.6 Å². The number of hydrogen-bond donors (Lipinski definition) is 0. The van der Waals surface area contributed by atoms with E-state index < -0.39 is 19.7 Å². The second-order valence-corrected chi connectivity index (χ2v) is 22.1. The van der Waals surface area contributed by atoms with Gasteiger partial charge in [0.2, 0.25) is 0 Å². The van der Waals surface area contributed by atoms with Crippen molar-refractivity contribution >= 4 is 65.9 Å². The van der Waals surface area contributed by atoms with Crippen molar-refractivity contribution in [2.24, 2.45) is 11.8 Å². The fourth-order valence-electron chi connectivity index (χ4n) is 8.51. The molecule has 9 rings (SSSR count). The number of nitrogens with zero attached hydrogens (tertiary/aromatic N) is 6. The van der Waals surface area contributed by atoms with Gasteiger partial charge in [-0.15, -0.1) is 0 Å². The Balaban J connectivity index is 0.000000144. The van der Waals surface area contributed by atoms with E-state index in [-0.39, 0.29) is 51.5 Å². The number of halogens is 1. The van der Waals surface area contributed by atoms with Gasteiger partial charge in [0, 0.05) is 40.8 Å². The molecular weight excluding hydrogens is 851 g/mol. The van der Waals surface area contributed by atoms with Gasteiger partial charge >= 0.3 is 7.12 Å². The van der Waals surface area contributed by atoms with Crippen LogP contribution in [0.25, 0.3) is 33.2 Å². The van der Waals surface area contributed by atoms with Crippen molar-refractivity contribution in [2.75, 3.05) is 11.5 Å². The molecule has 0 spiro atoms. The topological polar surface area (TPSA) is 190 Å². The Kier molecular flexibility index (Phi) is 13.3. The summed E-state index contributed by atoms with van der Waals surface area (Å²) in [5.41, 5.74) is 5.31. The highest BCUT2D eigenvalue weighted by Gasteiger charge is 2.53. The fraction of sp³-hybridized carbons (Fsp3) is 0.500. The van der Waals surface area contributed by atoms with E-state index in [0.29, 0.717) is 32.8 Å². The van der Waals surface area contributed by atoms with Crippen LogP contribution in [0, 0.1) is 39.5 Å². The summed E-state index contributed by atoms with van der Waals surface area (Å²) in [7, 11) is -7.22. The molecule has 14 nitrogen and oxygen atoms in total. The van der Waals surface area contributed by atoms with Gasteiger partial charge in [-0.05, 0) is 123 Å². The monoisotopic (exact) mass is 904 g/mol. The number of benzene rings is 2. The van der Waals surface area contributed by atoms with E-state index in [0.717, 1.165) is 85.1 Å². The molecule has 3 fully saturated rings. The number of aryl methyl sites for hydroxylation is 4. The minimum atomic E-state index is -3.46. The van der Waals surface area contributed by atoms with Crippen LogP contribution in [0.15, 0.2) is 67.9 Å². The van der Waals surface area contributed by atoms with E-state index >= 15 is 0 Å². The van der Waals surface area contributed by atoms with Crippen molar-refractivity contribution in [3.05, 3.63) is 77.0 Å². The van der Waals surface area contributed by atoms with Gasteiger partial charge in [0.05, 0.1) is 54.9 Å². The quantitative estimate of drug-likeness (QED) is 0.132. The van der Waals surface area contributed by atoms with Crippen LogP contribution in [0.5, 0.6) is 0 Å². The van der Waals surface area contributed by atoms with Crippen molar-refractivity contribution < 1.29 is 35.2 Å². The lowest BCUT2D eigenvalue weighted by Gasteiger charge is -2.32. The molecule has 5 heterocycles. The van der Waals surface area contributed by atoms with Crippen LogP contribution in [0.3, 0.4) is 0 Å². The van der Waals surface area contributed by atoms with Gasteiger partial charge < -0.3 is 18.4 Å². The summed E-state index contributed by atoms with van der Waals surface area (Å²) in [4.78, 5) is 17.4. The van der Waals surface area contributed by atoms with Crippen molar-refractivity contribution in [3.8, 4) is 11.1 Å². The maximum Gasteiger partial charge on any atom is 0.500 e. The van der Waals surface area contributed by atoms with Crippen molar-refractivity contribution in [2.45, 2.75) is 128 Å². The zero-order chi connectivity index (χ0) is 44.6. The molecule has 3 aliphatic rings. The Hall–Kier alpha value is -4.29. The first-order valence-electron chi connectivity index (χ1n) is 21.1. The number of fused-ring (bicyclic) bond motifs is 2. The molecule has 0 unspecified atom stereocenters. The Morgan fingerprint density at radius 2 is 1.08 bits per heavy atom. The molecule has 1 saturated heterocycles. The Labute approximate surface area is 368 Å². The molecule has 2 aromatic carbocycles. The van der Waals surface area contributed by atoms with Crippen LogP contribution in [0.2, 0.25) is 5.02 Å². The van der Waals surface area contributed by atoms with E-state index in [2.05, 4.69) is 30.2 Å². The minimum absolute atomic E-state index is 0.170. The molecule has 1 aliphatic heterocycles. The van der Waals surface area contributed by atoms with E-state index in [1.165, 1.54) is 24.7 Å². The van der Waals surface area contributed by atoms with E-state index in [1.54, 1.807) is 18.3 Å². The summed E-state index contributed by atoms with van der Waals surface area (Å²) < 4.78 is 73.9. The average Bonchev–Trinajstić information content (AvgIpc) is 4.06. The zero-order valence-corrected chi connectivity index (χ0v) is 39.0. The van der Waals surface area contributed by atoms with Gasteiger partial charge in [-0.2, -0.15) is 0 Å². The second kappa shape index (κ2) is 18.1. The van der Waals surface area contributed by atoms with E-state index in [9.17, 15) is 16.8 Å². The number of rotatable bonds is 8. The molecule has 0 atom stereocenters. The lowest BCUT2D eigenvalue weighted by Crippen LogP contribution is -2.41. The summed E-state index contributed by atoms with van der Waals surface area (Å²) >= 11 is 6.01.